The Bertz CT molecular complexity index is 1820. The second-order valence-electron chi connectivity index (χ2n) is 9.92. The summed E-state index contributed by atoms with van der Waals surface area (Å²) < 4.78 is 47.7. The van der Waals surface area contributed by atoms with Crippen LogP contribution < -0.4 is 10.6 Å². The van der Waals surface area contributed by atoms with Gasteiger partial charge in [0.25, 0.3) is 5.91 Å². The van der Waals surface area contributed by atoms with Gasteiger partial charge in [-0.1, -0.05) is 17.7 Å². The molecule has 1 aliphatic heterocycles. The minimum absolute atomic E-state index is 0.142. The summed E-state index contributed by atoms with van der Waals surface area (Å²) in [6.07, 6.45) is 3.71. The number of hydrogen-bond acceptors (Lipinski definition) is 8. The van der Waals surface area contributed by atoms with Crippen LogP contribution in [0.2, 0.25) is 5.02 Å². The number of fused-ring (bicyclic) bond motifs is 1. The van der Waals surface area contributed by atoms with Crippen molar-refractivity contribution in [2.45, 2.75) is 38.6 Å². The first-order valence-electron chi connectivity index (χ1n) is 13.4. The second kappa shape index (κ2) is 11.6. The lowest BCUT2D eigenvalue weighted by Crippen LogP contribution is -2.17. The molecule has 1 unspecified atom stereocenters. The molecule has 1 aliphatic rings. The monoisotopic (exact) mass is 608 g/mol. The number of imidazole rings is 1. The molecule has 4 aromatic heterocycles. The zero-order valence-corrected chi connectivity index (χ0v) is 23.4. The molecule has 1 atom stereocenters. The smallest absolute Gasteiger partial charge is 0.358 e. The second-order valence-corrected chi connectivity index (χ2v) is 10.3. The van der Waals surface area contributed by atoms with Crippen molar-refractivity contribution in [3.63, 3.8) is 0 Å². The predicted molar refractivity (Wildman–Crippen MR) is 154 cm³/mol. The first kappa shape index (κ1) is 28.5. The molecule has 0 spiro atoms. The molecule has 220 valence electrons. The van der Waals surface area contributed by atoms with Gasteiger partial charge in [-0.3, -0.25) is 9.36 Å². The van der Waals surface area contributed by atoms with E-state index >= 15 is 0 Å². The summed E-state index contributed by atoms with van der Waals surface area (Å²) in [5, 5.41) is 5.31. The van der Waals surface area contributed by atoms with Crippen molar-refractivity contribution in [3.05, 3.63) is 83.3 Å². The molecule has 0 saturated carbocycles. The summed E-state index contributed by atoms with van der Waals surface area (Å²) in [5.41, 5.74) is 2.68. The average molecular weight is 609 g/mol. The molecule has 6 rings (SSSR count). The highest BCUT2D eigenvalue weighted by molar-refractivity contribution is 6.31. The number of anilines is 3. The Balaban J connectivity index is 1.28. The van der Waals surface area contributed by atoms with Gasteiger partial charge in [-0.05, 0) is 62.1 Å². The van der Waals surface area contributed by atoms with Gasteiger partial charge in [0.15, 0.2) is 5.65 Å². The summed E-state index contributed by atoms with van der Waals surface area (Å²) in [4.78, 5) is 34.7. The average Bonchev–Trinajstić information content (AvgIpc) is 3.44. The third-order valence-electron chi connectivity index (χ3n) is 7.03. The van der Waals surface area contributed by atoms with Crippen molar-refractivity contribution in [3.8, 4) is 11.3 Å². The minimum Gasteiger partial charge on any atom is -0.358 e. The van der Waals surface area contributed by atoms with E-state index < -0.39 is 28.4 Å². The van der Waals surface area contributed by atoms with Crippen LogP contribution in [0.25, 0.3) is 22.4 Å². The Labute approximate surface area is 248 Å². The maximum atomic E-state index is 13.3. The maximum absolute atomic E-state index is 13.3. The third kappa shape index (κ3) is 5.86. The topological polar surface area (TPSA) is 120 Å². The molecule has 10 nitrogen and oxygen atoms in total. The van der Waals surface area contributed by atoms with E-state index in [2.05, 4.69) is 35.6 Å². The third-order valence-corrected chi connectivity index (χ3v) is 7.33. The first-order chi connectivity index (χ1) is 20.7. The van der Waals surface area contributed by atoms with E-state index in [1.165, 1.54) is 6.33 Å². The molecule has 0 aliphatic carbocycles. The number of amides is 1. The van der Waals surface area contributed by atoms with Crippen molar-refractivity contribution in [2.75, 3.05) is 17.2 Å². The molecular weight excluding hydrogens is 585 g/mol. The number of alkyl halides is 3. The van der Waals surface area contributed by atoms with Gasteiger partial charge in [-0.2, -0.15) is 13.2 Å². The number of hydrogen-bond donors (Lipinski definition) is 2. The Kier molecular flexibility index (Phi) is 7.67. The fraction of sp³-hybridized carbons (Fsp3) is 0.241. The van der Waals surface area contributed by atoms with E-state index in [0.29, 0.717) is 52.3 Å². The molecule has 5 aromatic rings. The van der Waals surface area contributed by atoms with Crippen LogP contribution in [0.5, 0.6) is 0 Å². The zero-order valence-electron chi connectivity index (χ0n) is 22.7. The molecule has 1 saturated heterocycles. The molecule has 1 amide bonds. The number of nitrogens with one attached hydrogen (secondary N) is 2. The summed E-state index contributed by atoms with van der Waals surface area (Å²) >= 11 is 5.64. The highest BCUT2D eigenvalue weighted by Crippen LogP contribution is 2.36. The largest absolute Gasteiger partial charge is 0.417 e. The van der Waals surface area contributed by atoms with E-state index in [1.54, 1.807) is 36.8 Å². The highest BCUT2D eigenvalue weighted by Gasteiger charge is 2.34. The van der Waals surface area contributed by atoms with Gasteiger partial charge in [-0.25, -0.2) is 24.9 Å². The van der Waals surface area contributed by atoms with E-state index in [4.69, 9.17) is 16.3 Å². The number of ether oxygens (including phenoxy) is 1. The Morgan fingerprint density at radius 2 is 1.95 bits per heavy atom. The molecule has 43 heavy (non-hydrogen) atoms. The standard InChI is InChI=1S/C29H24ClF3N8O2/c1-16-7-8-17(39-28(42)22-12-19(29(31,32)33)20(30)13-35-22)11-21(16)40-26-18(5-4-9-34-26)24-25-27(37-14-36-24)41(15-38-25)23-6-2-3-10-43-23/h4-5,7-9,11-15,23H,2-3,6,10H2,1H3,(H,34,40)(H,39,42). The number of halogens is 4. The number of carbonyl (C=O) groups is 1. The number of pyridine rings is 2. The Hall–Kier alpha value is -4.62. The van der Waals surface area contributed by atoms with Crippen LogP contribution in [0.15, 0.2) is 61.4 Å². The van der Waals surface area contributed by atoms with Crippen LogP contribution in [0, 0.1) is 6.92 Å². The van der Waals surface area contributed by atoms with Gasteiger partial charge < -0.3 is 15.4 Å². The minimum atomic E-state index is -4.73. The molecule has 0 radical (unpaired) electrons. The lowest BCUT2D eigenvalue weighted by Gasteiger charge is -2.23. The van der Waals surface area contributed by atoms with Crippen LogP contribution in [-0.2, 0) is 10.9 Å². The van der Waals surface area contributed by atoms with Crippen molar-refractivity contribution in [1.29, 1.82) is 0 Å². The van der Waals surface area contributed by atoms with Gasteiger partial charge in [0, 0.05) is 35.9 Å². The molecule has 14 heteroatoms. The van der Waals surface area contributed by atoms with E-state index in [-0.39, 0.29) is 6.23 Å². The van der Waals surface area contributed by atoms with Crippen molar-refractivity contribution in [1.82, 2.24) is 29.5 Å². The highest BCUT2D eigenvalue weighted by atomic mass is 35.5. The molecule has 0 bridgehead atoms. The molecular formula is C29H24ClF3N8O2. The number of carbonyl (C=O) groups excluding carboxylic acids is 1. The van der Waals surface area contributed by atoms with Gasteiger partial charge in [0.05, 0.1) is 16.9 Å². The number of aryl methyl sites for hydroxylation is 1. The lowest BCUT2D eigenvalue weighted by molar-refractivity contribution is -0.137. The van der Waals surface area contributed by atoms with E-state index in [1.807, 2.05) is 17.6 Å². The number of aromatic nitrogens is 6. The zero-order chi connectivity index (χ0) is 30.1. The summed E-state index contributed by atoms with van der Waals surface area (Å²) in [6.45, 7) is 2.55. The maximum Gasteiger partial charge on any atom is 0.417 e. The lowest BCUT2D eigenvalue weighted by atomic mass is 10.1. The predicted octanol–water partition coefficient (Wildman–Crippen LogP) is 6.96. The quantitative estimate of drug-likeness (QED) is 0.212. The van der Waals surface area contributed by atoms with Gasteiger partial charge in [-0.15, -0.1) is 0 Å². The molecule has 1 fully saturated rings. The van der Waals surface area contributed by atoms with E-state index in [9.17, 15) is 18.0 Å². The Morgan fingerprint density at radius 3 is 2.74 bits per heavy atom. The van der Waals surface area contributed by atoms with Gasteiger partial charge >= 0.3 is 6.18 Å². The molecule has 2 N–H and O–H groups in total. The molecule has 1 aromatic carbocycles. The fourth-order valence-corrected chi connectivity index (χ4v) is 5.05. The summed E-state index contributed by atoms with van der Waals surface area (Å²) in [5.74, 6) is -0.344. The van der Waals surface area contributed by atoms with Crippen LogP contribution in [0.1, 0.15) is 47.1 Å². The van der Waals surface area contributed by atoms with Gasteiger partial charge in [0.2, 0.25) is 0 Å². The number of benzene rings is 1. The van der Waals surface area contributed by atoms with Crippen LogP contribution in [-0.4, -0.2) is 42.0 Å². The number of rotatable bonds is 6. The number of nitrogens with zero attached hydrogens (tertiary/aromatic N) is 6. The van der Waals surface area contributed by atoms with Crippen molar-refractivity contribution in [2.24, 2.45) is 0 Å². The van der Waals surface area contributed by atoms with Crippen LogP contribution >= 0.6 is 11.6 Å². The summed E-state index contributed by atoms with van der Waals surface area (Å²) in [6, 6.07) is 9.30. The SMILES string of the molecule is Cc1ccc(NC(=O)c2cc(C(F)(F)F)c(Cl)cn2)cc1Nc1ncccc1-c1ncnc2c1ncn2C1CCCCO1. The summed E-state index contributed by atoms with van der Waals surface area (Å²) in [7, 11) is 0. The van der Waals surface area contributed by atoms with E-state index in [0.717, 1.165) is 31.0 Å². The normalized spacial score (nSPS) is 15.4. The Morgan fingerprint density at radius 1 is 1.09 bits per heavy atom. The molecule has 5 heterocycles. The van der Waals surface area contributed by atoms with Crippen molar-refractivity contribution < 1.29 is 22.7 Å². The van der Waals surface area contributed by atoms with Crippen LogP contribution in [0.4, 0.5) is 30.4 Å². The first-order valence-corrected chi connectivity index (χ1v) is 13.7. The fourth-order valence-electron chi connectivity index (χ4n) is 4.84. The van der Waals surface area contributed by atoms with Gasteiger partial charge in [0.1, 0.15) is 35.3 Å². The van der Waals surface area contributed by atoms with Crippen LogP contribution in [0.3, 0.4) is 0 Å². The van der Waals surface area contributed by atoms with Crippen molar-refractivity contribution >= 4 is 45.9 Å².